The first-order chi connectivity index (χ1) is 15.8. The first-order valence-electron chi connectivity index (χ1n) is 11.2. The van der Waals surface area contributed by atoms with Gasteiger partial charge in [-0.3, -0.25) is 9.59 Å². The van der Waals surface area contributed by atoms with Crippen molar-refractivity contribution < 1.29 is 14.3 Å². The van der Waals surface area contributed by atoms with Gasteiger partial charge in [0.15, 0.2) is 0 Å². The monoisotopic (exact) mass is 462 g/mol. The van der Waals surface area contributed by atoms with Crippen LogP contribution in [-0.4, -0.2) is 47.4 Å². The molecular formula is C27H30N2O3S. The minimum atomic E-state index is -0.542. The zero-order valence-corrected chi connectivity index (χ0v) is 20.4. The third kappa shape index (κ3) is 4.67. The van der Waals surface area contributed by atoms with Crippen molar-refractivity contribution in [2.45, 2.75) is 38.8 Å². The molecule has 33 heavy (non-hydrogen) atoms. The van der Waals surface area contributed by atoms with Gasteiger partial charge in [-0.25, -0.2) is 0 Å². The summed E-state index contributed by atoms with van der Waals surface area (Å²) < 4.78 is 5.41. The van der Waals surface area contributed by atoms with Gasteiger partial charge in [-0.15, -0.1) is 11.3 Å². The Morgan fingerprint density at radius 3 is 2.45 bits per heavy atom. The number of hydrogen-bond acceptors (Lipinski definition) is 4. The second kappa shape index (κ2) is 9.40. The molecule has 1 aliphatic rings. The molecule has 0 bridgehead atoms. The fourth-order valence-electron chi connectivity index (χ4n) is 4.39. The highest BCUT2D eigenvalue weighted by Gasteiger charge is 2.37. The van der Waals surface area contributed by atoms with Gasteiger partial charge in [0.1, 0.15) is 12.3 Å². The van der Waals surface area contributed by atoms with Gasteiger partial charge in [-0.05, 0) is 61.9 Å². The Kier molecular flexibility index (Phi) is 6.56. The van der Waals surface area contributed by atoms with Gasteiger partial charge in [-0.1, -0.05) is 42.5 Å². The van der Waals surface area contributed by atoms with E-state index in [1.807, 2.05) is 56.0 Å². The first kappa shape index (κ1) is 23.1. The van der Waals surface area contributed by atoms with Gasteiger partial charge in [-0.2, -0.15) is 0 Å². The number of ether oxygens (including phenoxy) is 1. The van der Waals surface area contributed by atoms with Crippen molar-refractivity contribution in [2.24, 2.45) is 0 Å². The van der Waals surface area contributed by atoms with E-state index in [0.717, 1.165) is 12.0 Å². The van der Waals surface area contributed by atoms with Crippen molar-refractivity contribution in [2.75, 3.05) is 20.2 Å². The van der Waals surface area contributed by atoms with Crippen molar-refractivity contribution in [3.8, 4) is 5.75 Å². The minimum Gasteiger partial charge on any atom is -0.496 e. The number of rotatable bonds is 5. The third-order valence-corrected chi connectivity index (χ3v) is 7.08. The summed E-state index contributed by atoms with van der Waals surface area (Å²) >= 11 is 1.75. The van der Waals surface area contributed by atoms with E-state index in [1.54, 1.807) is 35.5 Å². The molecule has 2 aromatic carbocycles. The van der Waals surface area contributed by atoms with Crippen LogP contribution in [0.1, 0.15) is 53.2 Å². The van der Waals surface area contributed by atoms with Crippen LogP contribution in [0.25, 0.3) is 0 Å². The number of fused-ring (bicyclic) bond motifs is 1. The van der Waals surface area contributed by atoms with E-state index in [-0.39, 0.29) is 24.4 Å². The molecule has 4 rings (SSSR count). The molecule has 172 valence electrons. The summed E-state index contributed by atoms with van der Waals surface area (Å²) in [5, 5.41) is 2.10. The fraction of sp³-hybridized carbons (Fsp3) is 0.333. The maximum Gasteiger partial charge on any atom is 0.258 e. The molecule has 6 heteroatoms. The molecule has 0 fully saturated rings. The average Bonchev–Trinajstić information content (AvgIpc) is 3.30. The highest BCUT2D eigenvalue weighted by molar-refractivity contribution is 7.10. The zero-order chi connectivity index (χ0) is 23.6. The van der Waals surface area contributed by atoms with Gasteiger partial charge in [0.05, 0.1) is 18.7 Å². The molecule has 2 heterocycles. The predicted octanol–water partition coefficient (Wildman–Crippen LogP) is 5.17. The second-order valence-corrected chi connectivity index (χ2v) is 10.2. The van der Waals surface area contributed by atoms with E-state index in [2.05, 4.69) is 23.6 Å². The Balaban J connectivity index is 1.66. The van der Waals surface area contributed by atoms with Gasteiger partial charge in [0, 0.05) is 17.0 Å². The number of thiophene rings is 1. The summed E-state index contributed by atoms with van der Waals surface area (Å²) in [6.07, 6.45) is 0.831. The maximum absolute atomic E-state index is 13.8. The summed E-state index contributed by atoms with van der Waals surface area (Å²) in [5.74, 6) is 0.240. The van der Waals surface area contributed by atoms with E-state index < -0.39 is 5.54 Å². The normalized spacial score (nSPS) is 15.6. The van der Waals surface area contributed by atoms with E-state index in [0.29, 0.717) is 17.9 Å². The number of hydrogen-bond donors (Lipinski definition) is 0. The van der Waals surface area contributed by atoms with Crippen LogP contribution in [0.2, 0.25) is 0 Å². The number of carbonyl (C=O) groups excluding carboxylic acids is 2. The molecular weight excluding hydrogens is 432 g/mol. The third-order valence-electron chi connectivity index (χ3n) is 6.09. The van der Waals surface area contributed by atoms with Crippen molar-refractivity contribution >= 4 is 23.2 Å². The molecule has 5 nitrogen and oxygen atoms in total. The zero-order valence-electron chi connectivity index (χ0n) is 19.6. The lowest BCUT2D eigenvalue weighted by molar-refractivity contribution is -0.135. The Morgan fingerprint density at radius 1 is 1.06 bits per heavy atom. The van der Waals surface area contributed by atoms with Crippen LogP contribution in [0, 0.1) is 0 Å². The van der Waals surface area contributed by atoms with E-state index in [1.165, 1.54) is 10.4 Å². The van der Waals surface area contributed by atoms with Crippen molar-refractivity contribution in [3.63, 3.8) is 0 Å². The summed E-state index contributed by atoms with van der Waals surface area (Å²) in [5.41, 5.74) is 2.19. The molecule has 2 amide bonds. The number of amides is 2. The quantitative estimate of drug-likeness (QED) is 0.526. The van der Waals surface area contributed by atoms with Crippen molar-refractivity contribution in [1.82, 2.24) is 9.80 Å². The molecule has 1 atom stereocenters. The van der Waals surface area contributed by atoms with Crippen LogP contribution in [0.15, 0.2) is 66.0 Å². The maximum atomic E-state index is 13.8. The second-order valence-electron chi connectivity index (χ2n) is 9.21. The molecule has 0 aliphatic carbocycles. The van der Waals surface area contributed by atoms with Gasteiger partial charge >= 0.3 is 0 Å². The SMILES string of the molecule is COc1ccccc1C(=O)N(CC(=O)N1CCc2sccc2C1c1ccccc1)C(C)(C)C. The molecule has 1 aliphatic heterocycles. The van der Waals surface area contributed by atoms with Crippen molar-refractivity contribution in [1.29, 1.82) is 0 Å². The lowest BCUT2D eigenvalue weighted by Gasteiger charge is -2.40. The summed E-state index contributed by atoms with van der Waals surface area (Å²) in [4.78, 5) is 32.2. The van der Waals surface area contributed by atoms with Gasteiger partial charge in [0.2, 0.25) is 5.91 Å². The average molecular weight is 463 g/mol. The largest absolute Gasteiger partial charge is 0.496 e. The molecule has 0 radical (unpaired) electrons. The van der Waals surface area contributed by atoms with Crippen molar-refractivity contribution in [3.05, 3.63) is 87.6 Å². The molecule has 3 aromatic rings. The Labute approximate surface area is 199 Å². The fourth-order valence-corrected chi connectivity index (χ4v) is 5.29. The van der Waals surface area contributed by atoms with E-state index in [4.69, 9.17) is 4.74 Å². The van der Waals surface area contributed by atoms with Crippen LogP contribution >= 0.6 is 11.3 Å². The van der Waals surface area contributed by atoms with E-state index >= 15 is 0 Å². The number of carbonyl (C=O) groups is 2. The summed E-state index contributed by atoms with van der Waals surface area (Å²) in [6.45, 7) is 6.50. The lowest BCUT2D eigenvalue weighted by Crippen LogP contribution is -2.52. The Bertz CT molecular complexity index is 1130. The Morgan fingerprint density at radius 2 is 1.76 bits per heavy atom. The summed E-state index contributed by atoms with van der Waals surface area (Å²) in [6, 6.07) is 19.3. The van der Waals surface area contributed by atoms with Crippen LogP contribution < -0.4 is 4.74 Å². The van der Waals surface area contributed by atoms with Crippen LogP contribution in [0.5, 0.6) is 5.75 Å². The molecule has 0 spiro atoms. The number of para-hydroxylation sites is 1. The standard InChI is InChI=1S/C27H30N2O3S/c1-27(2,3)29(26(31)20-12-8-9-13-22(20)32-4)18-24(30)28-16-14-23-21(15-17-33-23)25(28)19-10-6-5-7-11-19/h5-13,15,17,25H,14,16,18H2,1-4H3. The van der Waals surface area contributed by atoms with E-state index in [9.17, 15) is 9.59 Å². The molecule has 1 aromatic heterocycles. The topological polar surface area (TPSA) is 49.9 Å². The molecule has 1 unspecified atom stereocenters. The highest BCUT2D eigenvalue weighted by atomic mass is 32.1. The summed E-state index contributed by atoms with van der Waals surface area (Å²) in [7, 11) is 1.55. The van der Waals surface area contributed by atoms with Crippen LogP contribution in [0.3, 0.4) is 0 Å². The predicted molar refractivity (Wildman–Crippen MR) is 132 cm³/mol. The molecule has 0 saturated heterocycles. The number of benzene rings is 2. The highest BCUT2D eigenvalue weighted by Crippen LogP contribution is 2.38. The number of methoxy groups -OCH3 is 1. The molecule has 0 N–H and O–H groups in total. The Hall–Kier alpha value is -3.12. The number of nitrogens with zero attached hydrogens (tertiary/aromatic N) is 2. The smallest absolute Gasteiger partial charge is 0.258 e. The lowest BCUT2D eigenvalue weighted by atomic mass is 9.93. The van der Waals surface area contributed by atoms with Crippen LogP contribution in [-0.2, 0) is 11.2 Å². The first-order valence-corrected chi connectivity index (χ1v) is 12.0. The van der Waals surface area contributed by atoms with Crippen LogP contribution in [0.4, 0.5) is 0 Å². The van der Waals surface area contributed by atoms with Gasteiger partial charge in [0.25, 0.3) is 5.91 Å². The molecule has 0 saturated carbocycles. The minimum absolute atomic E-state index is 0.00316. The van der Waals surface area contributed by atoms with Gasteiger partial charge < -0.3 is 14.5 Å².